The van der Waals surface area contributed by atoms with Crippen LogP contribution in [0, 0.1) is 0 Å². The van der Waals surface area contributed by atoms with E-state index in [1.54, 1.807) is 0 Å². The van der Waals surface area contributed by atoms with Crippen LogP contribution < -0.4 is 5.73 Å². The Morgan fingerprint density at radius 3 is 2.33 bits per heavy atom. The number of halogens is 3. The molecule has 18 heavy (non-hydrogen) atoms. The van der Waals surface area contributed by atoms with Crippen LogP contribution in [0.15, 0.2) is 24.3 Å². The summed E-state index contributed by atoms with van der Waals surface area (Å²) in [6.07, 6.45) is -4.34. The van der Waals surface area contributed by atoms with Gasteiger partial charge >= 0.3 is 12.1 Å². The number of benzene rings is 1. The maximum atomic E-state index is 12.3. The standard InChI is InChI=1S/C11H12F3NO2S/c12-11(13,14)8-3-1-7(2-4-8)5-18-6-9(15)10(16)17/h1-4,9H,5-6,15H2,(H,16,17)/t9-/m1/s1. The maximum absolute atomic E-state index is 12.3. The zero-order valence-corrected chi connectivity index (χ0v) is 10.1. The number of hydrogen-bond acceptors (Lipinski definition) is 3. The highest BCUT2D eigenvalue weighted by Crippen LogP contribution is 2.29. The summed E-state index contributed by atoms with van der Waals surface area (Å²) >= 11 is 1.27. The topological polar surface area (TPSA) is 63.3 Å². The van der Waals surface area contributed by atoms with Crippen LogP contribution in [0.3, 0.4) is 0 Å². The van der Waals surface area contributed by atoms with E-state index >= 15 is 0 Å². The third-order valence-corrected chi connectivity index (χ3v) is 3.30. The van der Waals surface area contributed by atoms with E-state index in [4.69, 9.17) is 10.8 Å². The minimum Gasteiger partial charge on any atom is -0.480 e. The van der Waals surface area contributed by atoms with E-state index in [0.717, 1.165) is 12.1 Å². The highest BCUT2D eigenvalue weighted by atomic mass is 32.2. The smallest absolute Gasteiger partial charge is 0.416 e. The van der Waals surface area contributed by atoms with Gasteiger partial charge in [-0.15, -0.1) is 0 Å². The molecule has 1 atom stereocenters. The average Bonchev–Trinajstić information content (AvgIpc) is 2.28. The predicted molar refractivity (Wildman–Crippen MR) is 63.2 cm³/mol. The van der Waals surface area contributed by atoms with Crippen LogP contribution in [0.1, 0.15) is 11.1 Å². The van der Waals surface area contributed by atoms with Crippen molar-refractivity contribution in [1.82, 2.24) is 0 Å². The number of hydrogen-bond donors (Lipinski definition) is 2. The fourth-order valence-corrected chi connectivity index (χ4v) is 2.11. The molecular weight excluding hydrogens is 267 g/mol. The van der Waals surface area contributed by atoms with E-state index < -0.39 is 23.8 Å². The highest BCUT2D eigenvalue weighted by Gasteiger charge is 2.29. The lowest BCUT2D eigenvalue weighted by molar-refractivity contribution is -0.138. The van der Waals surface area contributed by atoms with Crippen LogP contribution in [-0.2, 0) is 16.7 Å². The first-order chi connectivity index (χ1) is 8.30. The molecule has 0 aliphatic rings. The summed E-state index contributed by atoms with van der Waals surface area (Å²) in [5.74, 6) is -0.440. The summed E-state index contributed by atoms with van der Waals surface area (Å²) < 4.78 is 36.8. The van der Waals surface area contributed by atoms with Gasteiger partial charge < -0.3 is 10.8 Å². The summed E-state index contributed by atoms with van der Waals surface area (Å²) in [7, 11) is 0. The lowest BCUT2D eigenvalue weighted by Crippen LogP contribution is -2.32. The molecule has 3 nitrogen and oxygen atoms in total. The van der Waals surface area contributed by atoms with Gasteiger partial charge in [0.15, 0.2) is 0 Å². The predicted octanol–water partition coefficient (Wildman–Crippen LogP) is 2.35. The van der Waals surface area contributed by atoms with Crippen molar-refractivity contribution in [2.45, 2.75) is 18.0 Å². The molecule has 0 saturated carbocycles. The number of thioether (sulfide) groups is 1. The molecule has 0 aromatic heterocycles. The molecule has 0 heterocycles. The molecule has 0 amide bonds. The van der Waals surface area contributed by atoms with E-state index in [0.29, 0.717) is 11.3 Å². The van der Waals surface area contributed by atoms with Crippen LogP contribution in [-0.4, -0.2) is 22.9 Å². The van der Waals surface area contributed by atoms with Crippen LogP contribution in [0.4, 0.5) is 13.2 Å². The molecule has 0 fully saturated rings. The molecule has 1 aromatic carbocycles. The van der Waals surface area contributed by atoms with Crippen molar-refractivity contribution in [2.75, 3.05) is 5.75 Å². The van der Waals surface area contributed by atoms with Crippen molar-refractivity contribution < 1.29 is 23.1 Å². The Labute approximate surface area is 106 Å². The fraction of sp³-hybridized carbons (Fsp3) is 0.364. The molecule has 0 bridgehead atoms. The third kappa shape index (κ3) is 4.58. The molecule has 3 N–H and O–H groups in total. The van der Waals surface area contributed by atoms with E-state index in [9.17, 15) is 18.0 Å². The van der Waals surface area contributed by atoms with Gasteiger partial charge in [-0.25, -0.2) is 0 Å². The van der Waals surface area contributed by atoms with Gasteiger partial charge in [-0.1, -0.05) is 12.1 Å². The molecule has 7 heteroatoms. The molecule has 0 aliphatic heterocycles. The number of carbonyl (C=O) groups is 1. The molecule has 0 radical (unpaired) electrons. The van der Waals surface area contributed by atoms with Gasteiger partial charge in [0.25, 0.3) is 0 Å². The maximum Gasteiger partial charge on any atom is 0.416 e. The van der Waals surface area contributed by atoms with Crippen LogP contribution in [0.5, 0.6) is 0 Å². The Kier molecular flexibility index (Phi) is 5.03. The molecule has 0 aliphatic carbocycles. The quantitative estimate of drug-likeness (QED) is 0.868. The Morgan fingerprint density at radius 2 is 1.89 bits per heavy atom. The zero-order valence-electron chi connectivity index (χ0n) is 9.28. The van der Waals surface area contributed by atoms with Crippen LogP contribution >= 0.6 is 11.8 Å². The minimum absolute atomic E-state index is 0.219. The van der Waals surface area contributed by atoms with Crippen molar-refractivity contribution in [3.05, 3.63) is 35.4 Å². The Bertz CT molecular complexity index is 406. The van der Waals surface area contributed by atoms with E-state index in [-0.39, 0.29) is 5.75 Å². The number of nitrogens with two attached hydrogens (primary N) is 1. The van der Waals surface area contributed by atoms with Crippen molar-refractivity contribution in [2.24, 2.45) is 5.73 Å². The number of carboxylic acids is 1. The summed E-state index contributed by atoms with van der Waals surface area (Å²) in [4.78, 5) is 10.4. The average molecular weight is 279 g/mol. The largest absolute Gasteiger partial charge is 0.480 e. The second-order valence-electron chi connectivity index (χ2n) is 3.65. The van der Waals surface area contributed by atoms with E-state index in [1.165, 1.54) is 23.9 Å². The first-order valence-corrected chi connectivity index (χ1v) is 6.18. The van der Waals surface area contributed by atoms with Gasteiger partial charge in [0.1, 0.15) is 6.04 Å². The number of alkyl halides is 3. The van der Waals surface area contributed by atoms with Gasteiger partial charge in [-0.3, -0.25) is 4.79 Å². The van der Waals surface area contributed by atoms with E-state index in [2.05, 4.69) is 0 Å². The van der Waals surface area contributed by atoms with E-state index in [1.807, 2.05) is 0 Å². The number of carboxylic acid groups (broad SMARTS) is 1. The summed E-state index contributed by atoms with van der Waals surface area (Å²) in [5.41, 5.74) is 5.30. The van der Waals surface area contributed by atoms with Gasteiger partial charge in [0.2, 0.25) is 0 Å². The Balaban J connectivity index is 2.47. The molecule has 1 aromatic rings. The molecule has 0 unspecified atom stereocenters. The van der Waals surface area contributed by atoms with Crippen molar-refractivity contribution in [3.63, 3.8) is 0 Å². The van der Waals surface area contributed by atoms with Crippen LogP contribution in [0.2, 0.25) is 0 Å². The van der Waals surface area contributed by atoms with Crippen molar-refractivity contribution >= 4 is 17.7 Å². The molecular formula is C11H12F3NO2S. The minimum atomic E-state index is -4.34. The Morgan fingerprint density at radius 1 is 1.33 bits per heavy atom. The van der Waals surface area contributed by atoms with Gasteiger partial charge in [0, 0.05) is 11.5 Å². The number of aliphatic carboxylic acids is 1. The molecule has 0 saturated heterocycles. The fourth-order valence-electron chi connectivity index (χ4n) is 1.16. The van der Waals surface area contributed by atoms with Crippen molar-refractivity contribution in [3.8, 4) is 0 Å². The lowest BCUT2D eigenvalue weighted by atomic mass is 10.1. The van der Waals surface area contributed by atoms with Gasteiger partial charge in [-0.2, -0.15) is 24.9 Å². The zero-order chi connectivity index (χ0) is 13.8. The molecule has 0 spiro atoms. The number of rotatable bonds is 5. The Hall–Kier alpha value is -1.21. The monoisotopic (exact) mass is 279 g/mol. The van der Waals surface area contributed by atoms with Crippen molar-refractivity contribution in [1.29, 1.82) is 0 Å². The molecule has 1 rings (SSSR count). The summed E-state index contributed by atoms with van der Waals surface area (Å²) in [6.45, 7) is 0. The second-order valence-corrected chi connectivity index (χ2v) is 4.68. The highest BCUT2D eigenvalue weighted by molar-refractivity contribution is 7.98. The summed E-state index contributed by atoms with van der Waals surface area (Å²) in [6, 6.07) is 3.81. The first kappa shape index (κ1) is 14.8. The summed E-state index contributed by atoms with van der Waals surface area (Å²) in [5, 5.41) is 8.54. The van der Waals surface area contributed by atoms with Crippen LogP contribution in [0.25, 0.3) is 0 Å². The van der Waals surface area contributed by atoms with Gasteiger partial charge in [0.05, 0.1) is 5.56 Å². The second kappa shape index (κ2) is 6.10. The van der Waals surface area contributed by atoms with Gasteiger partial charge in [-0.05, 0) is 17.7 Å². The normalized spacial score (nSPS) is 13.3. The lowest BCUT2D eigenvalue weighted by Gasteiger charge is -2.08. The SMILES string of the molecule is N[C@H](CSCc1ccc(C(F)(F)F)cc1)C(=O)O. The molecule has 100 valence electrons. The first-order valence-electron chi connectivity index (χ1n) is 5.03. The third-order valence-electron chi connectivity index (χ3n) is 2.16.